The Labute approximate surface area is 100 Å². The lowest BCUT2D eigenvalue weighted by atomic mass is 10.2. The summed E-state index contributed by atoms with van der Waals surface area (Å²) >= 11 is 0. The normalized spacial score (nSPS) is 12.9. The summed E-state index contributed by atoms with van der Waals surface area (Å²) in [6, 6.07) is 0.448. The number of nitrogens with zero attached hydrogens (tertiary/aromatic N) is 4. The predicted molar refractivity (Wildman–Crippen MR) is 63.3 cm³/mol. The Bertz CT molecular complexity index is 476. The van der Waals surface area contributed by atoms with Gasteiger partial charge in [-0.1, -0.05) is 5.16 Å². The summed E-state index contributed by atoms with van der Waals surface area (Å²) < 4.78 is 6.91. The summed E-state index contributed by atoms with van der Waals surface area (Å²) in [6.07, 6.45) is 5.36. The zero-order chi connectivity index (χ0) is 12.3. The van der Waals surface area contributed by atoms with Crippen molar-refractivity contribution in [3.63, 3.8) is 0 Å². The number of hydrogen-bond donors (Lipinski definition) is 1. The molecule has 2 aromatic heterocycles. The van der Waals surface area contributed by atoms with Crippen molar-refractivity contribution < 1.29 is 4.52 Å². The van der Waals surface area contributed by atoms with Crippen LogP contribution in [0.25, 0.3) is 11.4 Å². The average Bonchev–Trinajstić information content (AvgIpc) is 2.94. The van der Waals surface area contributed by atoms with Crippen molar-refractivity contribution in [2.24, 2.45) is 7.05 Å². The molecule has 17 heavy (non-hydrogen) atoms. The van der Waals surface area contributed by atoms with Gasteiger partial charge in [0.15, 0.2) is 0 Å². The molecule has 0 aliphatic rings. The second-order valence-corrected chi connectivity index (χ2v) is 4.14. The Morgan fingerprint density at radius 2 is 2.35 bits per heavy atom. The molecule has 0 bridgehead atoms. The maximum Gasteiger partial charge on any atom is 0.227 e. The molecular formula is C11H17N5O. The molecule has 0 fully saturated rings. The summed E-state index contributed by atoms with van der Waals surface area (Å²) in [5, 5.41) is 11.2. The molecule has 0 aliphatic carbocycles. The fraction of sp³-hybridized carbons (Fsp3) is 0.545. The van der Waals surface area contributed by atoms with E-state index < -0.39 is 0 Å². The van der Waals surface area contributed by atoms with E-state index in [0.29, 0.717) is 17.8 Å². The molecule has 0 aromatic carbocycles. The Balaban J connectivity index is 2.01. The number of aryl methyl sites for hydroxylation is 2. The van der Waals surface area contributed by atoms with Crippen LogP contribution in [0.15, 0.2) is 16.9 Å². The van der Waals surface area contributed by atoms with Crippen LogP contribution in [0, 0.1) is 0 Å². The monoisotopic (exact) mass is 235 g/mol. The smallest absolute Gasteiger partial charge is 0.227 e. The van der Waals surface area contributed by atoms with Gasteiger partial charge >= 0.3 is 0 Å². The fourth-order valence-corrected chi connectivity index (χ4v) is 1.49. The van der Waals surface area contributed by atoms with Gasteiger partial charge in [0.2, 0.25) is 11.7 Å². The summed E-state index contributed by atoms with van der Waals surface area (Å²) in [7, 11) is 3.80. The van der Waals surface area contributed by atoms with Crippen LogP contribution in [0.1, 0.15) is 19.2 Å². The number of aromatic nitrogens is 4. The highest BCUT2D eigenvalue weighted by Crippen LogP contribution is 2.14. The third-order valence-electron chi connectivity index (χ3n) is 2.72. The van der Waals surface area contributed by atoms with E-state index in [2.05, 4.69) is 27.5 Å². The van der Waals surface area contributed by atoms with Gasteiger partial charge in [-0.05, 0) is 20.4 Å². The highest BCUT2D eigenvalue weighted by Gasteiger charge is 2.10. The average molecular weight is 235 g/mol. The lowest BCUT2D eigenvalue weighted by Gasteiger charge is -2.06. The van der Waals surface area contributed by atoms with Crippen LogP contribution in [0.2, 0.25) is 0 Å². The third kappa shape index (κ3) is 2.91. The highest BCUT2D eigenvalue weighted by molar-refractivity contribution is 5.50. The van der Waals surface area contributed by atoms with Crippen molar-refractivity contribution in [3.8, 4) is 11.4 Å². The van der Waals surface area contributed by atoms with Crippen LogP contribution in [-0.2, 0) is 13.5 Å². The van der Waals surface area contributed by atoms with Crippen molar-refractivity contribution >= 4 is 0 Å². The summed E-state index contributed by atoms with van der Waals surface area (Å²) in [4.78, 5) is 4.34. The second-order valence-electron chi connectivity index (χ2n) is 4.14. The van der Waals surface area contributed by atoms with Gasteiger partial charge in [0.1, 0.15) is 0 Å². The maximum atomic E-state index is 5.20. The van der Waals surface area contributed by atoms with E-state index >= 15 is 0 Å². The molecule has 0 radical (unpaired) electrons. The maximum absolute atomic E-state index is 5.20. The lowest BCUT2D eigenvalue weighted by molar-refractivity contribution is 0.369. The van der Waals surface area contributed by atoms with E-state index in [4.69, 9.17) is 4.52 Å². The second kappa shape index (κ2) is 5.09. The Morgan fingerprint density at radius 1 is 1.53 bits per heavy atom. The Morgan fingerprint density at radius 3 is 3.00 bits per heavy atom. The van der Waals surface area contributed by atoms with Gasteiger partial charge < -0.3 is 9.84 Å². The summed E-state index contributed by atoms with van der Waals surface area (Å²) in [5.41, 5.74) is 0.879. The first-order valence-corrected chi connectivity index (χ1v) is 5.68. The van der Waals surface area contributed by atoms with Crippen molar-refractivity contribution in [1.29, 1.82) is 0 Å². The van der Waals surface area contributed by atoms with E-state index in [1.165, 1.54) is 0 Å². The predicted octanol–water partition coefficient (Wildman–Crippen LogP) is 1.01. The minimum absolute atomic E-state index is 0.448. The standard InChI is InChI=1S/C11H17N5O/c1-8(12-2)4-5-10-14-11(15-17-10)9-6-13-16(3)7-9/h6-8,12H,4-5H2,1-3H3. The number of nitrogens with one attached hydrogen (secondary N) is 1. The third-order valence-corrected chi connectivity index (χ3v) is 2.72. The Kier molecular flexibility index (Phi) is 3.53. The van der Waals surface area contributed by atoms with Gasteiger partial charge in [-0.3, -0.25) is 4.68 Å². The van der Waals surface area contributed by atoms with E-state index in [1.807, 2.05) is 20.3 Å². The molecule has 0 spiro atoms. The van der Waals surface area contributed by atoms with Crippen LogP contribution in [-0.4, -0.2) is 33.0 Å². The van der Waals surface area contributed by atoms with Crippen LogP contribution in [0.5, 0.6) is 0 Å². The molecule has 0 amide bonds. The fourth-order valence-electron chi connectivity index (χ4n) is 1.49. The molecule has 6 heteroatoms. The lowest BCUT2D eigenvalue weighted by Crippen LogP contribution is -2.21. The first-order chi connectivity index (χ1) is 8.19. The van der Waals surface area contributed by atoms with Crippen LogP contribution < -0.4 is 5.32 Å². The van der Waals surface area contributed by atoms with Crippen molar-refractivity contribution in [3.05, 3.63) is 18.3 Å². The van der Waals surface area contributed by atoms with Gasteiger partial charge in [0.05, 0.1) is 11.8 Å². The molecular weight excluding hydrogens is 218 g/mol. The first kappa shape index (κ1) is 11.8. The molecule has 1 unspecified atom stereocenters. The zero-order valence-electron chi connectivity index (χ0n) is 10.3. The van der Waals surface area contributed by atoms with E-state index in [-0.39, 0.29) is 0 Å². The van der Waals surface area contributed by atoms with E-state index in [9.17, 15) is 0 Å². The van der Waals surface area contributed by atoms with E-state index in [1.54, 1.807) is 10.9 Å². The summed E-state index contributed by atoms with van der Waals surface area (Å²) in [6.45, 7) is 2.12. The van der Waals surface area contributed by atoms with Crippen LogP contribution >= 0.6 is 0 Å². The minimum atomic E-state index is 0.448. The molecule has 6 nitrogen and oxygen atoms in total. The molecule has 0 saturated carbocycles. The number of rotatable bonds is 5. The van der Waals surface area contributed by atoms with Crippen LogP contribution in [0.4, 0.5) is 0 Å². The van der Waals surface area contributed by atoms with Gasteiger partial charge in [-0.2, -0.15) is 10.1 Å². The van der Waals surface area contributed by atoms with Gasteiger partial charge in [-0.25, -0.2) is 0 Å². The van der Waals surface area contributed by atoms with Gasteiger partial charge in [-0.15, -0.1) is 0 Å². The highest BCUT2D eigenvalue weighted by atomic mass is 16.5. The van der Waals surface area contributed by atoms with Crippen molar-refractivity contribution in [2.75, 3.05) is 7.05 Å². The topological polar surface area (TPSA) is 68.8 Å². The molecule has 1 N–H and O–H groups in total. The minimum Gasteiger partial charge on any atom is -0.339 e. The Hall–Kier alpha value is -1.69. The molecule has 0 saturated heterocycles. The zero-order valence-corrected chi connectivity index (χ0v) is 10.3. The van der Waals surface area contributed by atoms with Crippen molar-refractivity contribution in [1.82, 2.24) is 25.2 Å². The van der Waals surface area contributed by atoms with Crippen molar-refractivity contribution in [2.45, 2.75) is 25.8 Å². The molecule has 92 valence electrons. The molecule has 2 heterocycles. The van der Waals surface area contributed by atoms with E-state index in [0.717, 1.165) is 18.4 Å². The molecule has 1 atom stereocenters. The molecule has 0 aliphatic heterocycles. The molecule has 2 rings (SSSR count). The SMILES string of the molecule is CNC(C)CCc1nc(-c2cnn(C)c2)no1. The van der Waals surface area contributed by atoms with Crippen LogP contribution in [0.3, 0.4) is 0 Å². The molecule has 2 aromatic rings. The quantitative estimate of drug-likeness (QED) is 0.837. The first-order valence-electron chi connectivity index (χ1n) is 5.68. The van der Waals surface area contributed by atoms with Gasteiger partial charge in [0, 0.05) is 25.7 Å². The summed E-state index contributed by atoms with van der Waals surface area (Å²) in [5.74, 6) is 1.27. The van der Waals surface area contributed by atoms with Gasteiger partial charge in [0.25, 0.3) is 0 Å². The number of hydrogen-bond acceptors (Lipinski definition) is 5. The largest absolute Gasteiger partial charge is 0.339 e.